The molecule has 0 fully saturated rings. The highest BCUT2D eigenvalue weighted by molar-refractivity contribution is 9.10. The Morgan fingerprint density at radius 3 is 2.86 bits per heavy atom. The van der Waals surface area contributed by atoms with Crippen LogP contribution < -0.4 is 14.8 Å². The third kappa shape index (κ3) is 2.86. The van der Waals surface area contributed by atoms with Crippen LogP contribution in [0.25, 0.3) is 0 Å². The summed E-state index contributed by atoms with van der Waals surface area (Å²) in [7, 11) is 1.68. The van der Waals surface area contributed by atoms with Gasteiger partial charge in [0.05, 0.1) is 25.4 Å². The topological polar surface area (TPSA) is 30.5 Å². The van der Waals surface area contributed by atoms with Crippen LogP contribution in [0, 0.1) is 5.92 Å². The molecule has 0 aromatic heterocycles. The molecule has 0 bridgehead atoms. The third-order valence-corrected chi connectivity index (χ3v) is 4.50. The molecule has 1 aliphatic heterocycles. The van der Waals surface area contributed by atoms with Crippen LogP contribution in [0.5, 0.6) is 11.5 Å². The first-order valence-corrected chi connectivity index (χ1v) is 7.80. The standard InChI is InChI=1S/C17H18BrNO2/c1-11-10-21-16-6-4-3-5-13(16)17(11)19-15-9-12(20-2)7-8-14(15)18/h3-9,11,17,19H,10H2,1-2H3. The Labute approximate surface area is 133 Å². The zero-order valence-corrected chi connectivity index (χ0v) is 13.7. The second-order valence-corrected chi connectivity index (χ2v) is 6.15. The minimum atomic E-state index is 0.221. The number of halogens is 1. The summed E-state index contributed by atoms with van der Waals surface area (Å²) in [6, 6.07) is 14.4. The van der Waals surface area contributed by atoms with E-state index in [0.717, 1.165) is 28.3 Å². The molecule has 0 radical (unpaired) electrons. The zero-order chi connectivity index (χ0) is 14.8. The van der Waals surface area contributed by atoms with Crippen molar-refractivity contribution in [1.29, 1.82) is 0 Å². The van der Waals surface area contributed by atoms with Crippen molar-refractivity contribution in [1.82, 2.24) is 0 Å². The fraction of sp³-hybridized carbons (Fsp3) is 0.294. The van der Waals surface area contributed by atoms with E-state index in [4.69, 9.17) is 9.47 Å². The van der Waals surface area contributed by atoms with Gasteiger partial charge in [0.1, 0.15) is 11.5 Å². The SMILES string of the molecule is COc1ccc(Br)c(NC2c3ccccc3OCC2C)c1. The third-order valence-electron chi connectivity index (χ3n) is 3.81. The molecule has 21 heavy (non-hydrogen) atoms. The predicted octanol–water partition coefficient (Wildman–Crippen LogP) is 4.64. The highest BCUT2D eigenvalue weighted by atomic mass is 79.9. The second-order valence-electron chi connectivity index (χ2n) is 5.29. The van der Waals surface area contributed by atoms with E-state index in [1.807, 2.05) is 30.3 Å². The molecule has 0 amide bonds. The molecule has 1 aliphatic rings. The summed E-state index contributed by atoms with van der Waals surface area (Å²) >= 11 is 3.60. The quantitative estimate of drug-likeness (QED) is 0.877. The average molecular weight is 348 g/mol. The first-order valence-electron chi connectivity index (χ1n) is 7.01. The van der Waals surface area contributed by atoms with E-state index < -0.39 is 0 Å². The molecule has 2 aromatic rings. The van der Waals surface area contributed by atoms with E-state index in [-0.39, 0.29) is 6.04 Å². The number of ether oxygens (including phenoxy) is 2. The number of para-hydroxylation sites is 1. The first-order chi connectivity index (χ1) is 10.2. The van der Waals surface area contributed by atoms with Crippen LogP contribution in [-0.4, -0.2) is 13.7 Å². The molecule has 1 heterocycles. The van der Waals surface area contributed by atoms with Gasteiger partial charge in [-0.25, -0.2) is 0 Å². The van der Waals surface area contributed by atoms with Gasteiger partial charge in [-0.05, 0) is 34.1 Å². The van der Waals surface area contributed by atoms with Crippen LogP contribution in [0.1, 0.15) is 18.5 Å². The summed E-state index contributed by atoms with van der Waals surface area (Å²) in [6.07, 6.45) is 0. The Kier molecular flexibility index (Phi) is 4.06. The lowest BCUT2D eigenvalue weighted by Crippen LogP contribution is -2.28. The van der Waals surface area contributed by atoms with Crippen molar-refractivity contribution in [2.45, 2.75) is 13.0 Å². The number of nitrogens with one attached hydrogen (secondary N) is 1. The van der Waals surface area contributed by atoms with Gasteiger partial charge in [0, 0.05) is 22.0 Å². The Morgan fingerprint density at radius 1 is 1.24 bits per heavy atom. The summed E-state index contributed by atoms with van der Waals surface area (Å²) in [5.74, 6) is 2.19. The van der Waals surface area contributed by atoms with Crippen LogP contribution in [0.15, 0.2) is 46.9 Å². The fourth-order valence-corrected chi connectivity index (χ4v) is 2.98. The van der Waals surface area contributed by atoms with Crippen molar-refractivity contribution in [2.24, 2.45) is 5.92 Å². The minimum Gasteiger partial charge on any atom is -0.497 e. The monoisotopic (exact) mass is 347 g/mol. The number of hydrogen-bond donors (Lipinski definition) is 1. The lowest BCUT2D eigenvalue weighted by atomic mass is 9.92. The lowest BCUT2D eigenvalue weighted by molar-refractivity contribution is 0.214. The van der Waals surface area contributed by atoms with Crippen molar-refractivity contribution in [2.75, 3.05) is 19.0 Å². The summed E-state index contributed by atoms with van der Waals surface area (Å²) < 4.78 is 12.1. The van der Waals surface area contributed by atoms with E-state index >= 15 is 0 Å². The van der Waals surface area contributed by atoms with Gasteiger partial charge in [-0.1, -0.05) is 25.1 Å². The Balaban J connectivity index is 1.94. The number of hydrogen-bond acceptors (Lipinski definition) is 3. The molecule has 110 valence electrons. The van der Waals surface area contributed by atoms with Crippen molar-refractivity contribution in [3.8, 4) is 11.5 Å². The highest BCUT2D eigenvalue weighted by Gasteiger charge is 2.28. The number of anilines is 1. The zero-order valence-electron chi connectivity index (χ0n) is 12.1. The summed E-state index contributed by atoms with van der Waals surface area (Å²) in [5, 5.41) is 3.62. The van der Waals surface area contributed by atoms with Gasteiger partial charge in [-0.15, -0.1) is 0 Å². The first kappa shape index (κ1) is 14.3. The maximum atomic E-state index is 5.80. The predicted molar refractivity (Wildman–Crippen MR) is 88.2 cm³/mol. The maximum absolute atomic E-state index is 5.80. The molecule has 2 unspecified atom stereocenters. The van der Waals surface area contributed by atoms with E-state index in [9.17, 15) is 0 Å². The molecule has 2 atom stereocenters. The van der Waals surface area contributed by atoms with Gasteiger partial charge in [0.2, 0.25) is 0 Å². The van der Waals surface area contributed by atoms with E-state index in [1.54, 1.807) is 7.11 Å². The van der Waals surface area contributed by atoms with Gasteiger partial charge in [-0.3, -0.25) is 0 Å². The number of methoxy groups -OCH3 is 1. The largest absolute Gasteiger partial charge is 0.497 e. The molecule has 0 saturated heterocycles. The summed E-state index contributed by atoms with van der Waals surface area (Å²) in [4.78, 5) is 0. The maximum Gasteiger partial charge on any atom is 0.124 e. The molecule has 1 N–H and O–H groups in total. The van der Waals surface area contributed by atoms with Crippen LogP contribution >= 0.6 is 15.9 Å². The van der Waals surface area contributed by atoms with Crippen molar-refractivity contribution in [3.63, 3.8) is 0 Å². The minimum absolute atomic E-state index is 0.221. The van der Waals surface area contributed by atoms with Crippen LogP contribution in [0.3, 0.4) is 0 Å². The molecule has 2 aromatic carbocycles. The fourth-order valence-electron chi connectivity index (χ4n) is 2.62. The van der Waals surface area contributed by atoms with Crippen LogP contribution in [-0.2, 0) is 0 Å². The Bertz CT molecular complexity index is 644. The van der Waals surface area contributed by atoms with Gasteiger partial charge >= 0.3 is 0 Å². The van der Waals surface area contributed by atoms with Gasteiger partial charge in [0.15, 0.2) is 0 Å². The van der Waals surface area contributed by atoms with Gasteiger partial charge in [-0.2, -0.15) is 0 Å². The van der Waals surface area contributed by atoms with Crippen molar-refractivity contribution < 1.29 is 9.47 Å². The molecule has 3 rings (SSSR count). The van der Waals surface area contributed by atoms with E-state index in [2.05, 4.69) is 40.3 Å². The molecular formula is C17H18BrNO2. The number of fused-ring (bicyclic) bond motifs is 1. The molecule has 3 nitrogen and oxygen atoms in total. The highest BCUT2D eigenvalue weighted by Crippen LogP contribution is 2.39. The van der Waals surface area contributed by atoms with Crippen LogP contribution in [0.2, 0.25) is 0 Å². The van der Waals surface area contributed by atoms with Crippen molar-refractivity contribution in [3.05, 3.63) is 52.5 Å². The summed E-state index contributed by atoms with van der Waals surface area (Å²) in [5.41, 5.74) is 2.23. The van der Waals surface area contributed by atoms with Crippen molar-refractivity contribution >= 4 is 21.6 Å². The lowest BCUT2D eigenvalue weighted by Gasteiger charge is -2.33. The van der Waals surface area contributed by atoms with Gasteiger partial charge in [0.25, 0.3) is 0 Å². The molecule has 4 heteroatoms. The van der Waals surface area contributed by atoms with Gasteiger partial charge < -0.3 is 14.8 Å². The van der Waals surface area contributed by atoms with E-state index in [1.165, 1.54) is 5.56 Å². The summed E-state index contributed by atoms with van der Waals surface area (Å²) in [6.45, 7) is 2.91. The normalized spacial score (nSPS) is 20.3. The molecule has 0 spiro atoms. The second kappa shape index (κ2) is 5.98. The smallest absolute Gasteiger partial charge is 0.124 e. The molecule has 0 aliphatic carbocycles. The molecule has 0 saturated carbocycles. The van der Waals surface area contributed by atoms with Crippen LogP contribution in [0.4, 0.5) is 5.69 Å². The number of rotatable bonds is 3. The number of benzene rings is 2. The van der Waals surface area contributed by atoms with E-state index in [0.29, 0.717) is 5.92 Å². The molecular weight excluding hydrogens is 330 g/mol. The Hall–Kier alpha value is -1.68. The average Bonchev–Trinajstić information content (AvgIpc) is 2.52. The Morgan fingerprint density at radius 2 is 2.05 bits per heavy atom.